The van der Waals surface area contributed by atoms with E-state index in [9.17, 15) is 26.3 Å². The molecular formula is C19H18F6. The van der Waals surface area contributed by atoms with Gasteiger partial charge in [0.15, 0.2) is 0 Å². The first-order chi connectivity index (χ1) is 11.3. The smallest absolute Gasteiger partial charge is 0.194 e. The summed E-state index contributed by atoms with van der Waals surface area (Å²) in [6.07, 6.45) is 0. The number of aryl methyl sites for hydroxylation is 4. The molecule has 0 radical (unpaired) electrons. The van der Waals surface area contributed by atoms with Gasteiger partial charge in [0, 0.05) is 11.1 Å². The van der Waals surface area contributed by atoms with E-state index in [4.69, 9.17) is 0 Å². The van der Waals surface area contributed by atoms with Crippen molar-refractivity contribution in [2.24, 2.45) is 0 Å². The van der Waals surface area contributed by atoms with Gasteiger partial charge in [0.25, 0.3) is 0 Å². The van der Waals surface area contributed by atoms with Crippen LogP contribution in [0.2, 0.25) is 0 Å². The zero-order chi connectivity index (χ0) is 19.2. The highest BCUT2D eigenvalue weighted by Gasteiger charge is 2.72. The summed E-state index contributed by atoms with van der Waals surface area (Å²) >= 11 is 0. The van der Waals surface area contributed by atoms with Crippen molar-refractivity contribution in [1.29, 1.82) is 0 Å². The number of alkyl halides is 6. The van der Waals surface area contributed by atoms with Gasteiger partial charge in [0.1, 0.15) is 0 Å². The molecule has 0 atom stereocenters. The minimum Gasteiger partial charge on any atom is -0.194 e. The van der Waals surface area contributed by atoms with Crippen molar-refractivity contribution in [2.75, 3.05) is 0 Å². The third-order valence-electron chi connectivity index (χ3n) is 3.96. The van der Waals surface area contributed by atoms with E-state index in [2.05, 4.69) is 0 Å². The molecule has 0 aromatic heterocycles. The summed E-state index contributed by atoms with van der Waals surface area (Å²) in [5, 5.41) is 0. The summed E-state index contributed by atoms with van der Waals surface area (Å²) in [5.74, 6) is -15.7. The lowest BCUT2D eigenvalue weighted by Crippen LogP contribution is -2.50. The maximum Gasteiger partial charge on any atom is 0.380 e. The van der Waals surface area contributed by atoms with Crippen LogP contribution in [0.1, 0.15) is 33.4 Å². The van der Waals surface area contributed by atoms with Gasteiger partial charge >= 0.3 is 17.8 Å². The minimum absolute atomic E-state index is 0.292. The van der Waals surface area contributed by atoms with E-state index >= 15 is 0 Å². The van der Waals surface area contributed by atoms with E-state index in [0.29, 0.717) is 22.3 Å². The molecule has 2 aromatic rings. The van der Waals surface area contributed by atoms with Crippen molar-refractivity contribution in [3.05, 3.63) is 69.8 Å². The Morgan fingerprint density at radius 3 is 0.960 bits per heavy atom. The lowest BCUT2D eigenvalue weighted by molar-refractivity contribution is -0.321. The molecule has 0 aliphatic heterocycles. The maximum atomic E-state index is 14.4. The second-order valence-corrected chi connectivity index (χ2v) is 6.48. The van der Waals surface area contributed by atoms with E-state index in [-0.39, 0.29) is 0 Å². The Balaban J connectivity index is 2.60. The van der Waals surface area contributed by atoms with Gasteiger partial charge in [-0.25, -0.2) is 0 Å². The molecule has 6 heteroatoms. The number of halogens is 6. The molecule has 0 saturated carbocycles. The first-order valence-electron chi connectivity index (χ1n) is 7.60. The van der Waals surface area contributed by atoms with Gasteiger partial charge in [-0.2, -0.15) is 26.3 Å². The molecule has 136 valence electrons. The molecule has 0 nitrogen and oxygen atoms in total. The van der Waals surface area contributed by atoms with Crippen molar-refractivity contribution < 1.29 is 26.3 Å². The van der Waals surface area contributed by atoms with Gasteiger partial charge in [-0.15, -0.1) is 0 Å². The number of hydrogen-bond acceptors (Lipinski definition) is 0. The van der Waals surface area contributed by atoms with Crippen molar-refractivity contribution in [2.45, 2.75) is 45.5 Å². The first kappa shape index (κ1) is 19.3. The van der Waals surface area contributed by atoms with Crippen LogP contribution in [0.15, 0.2) is 36.4 Å². The molecule has 0 aliphatic rings. The summed E-state index contributed by atoms with van der Waals surface area (Å²) in [6.45, 7) is 5.75. The zero-order valence-electron chi connectivity index (χ0n) is 14.2. The third kappa shape index (κ3) is 3.26. The minimum atomic E-state index is -5.60. The average molecular weight is 360 g/mol. The molecule has 0 amide bonds. The van der Waals surface area contributed by atoms with Crippen LogP contribution < -0.4 is 0 Å². The highest BCUT2D eigenvalue weighted by molar-refractivity contribution is 5.37. The standard InChI is InChI=1S/C19H18F6/c1-11-5-12(2)8-15(7-11)17(20,21)19(24,25)18(22,23)16-9-13(3)6-14(4)10-16/h5-10H,1-4H3. The topological polar surface area (TPSA) is 0 Å². The van der Waals surface area contributed by atoms with Crippen molar-refractivity contribution in [1.82, 2.24) is 0 Å². The summed E-state index contributed by atoms with van der Waals surface area (Å²) in [5.41, 5.74) is -1.08. The SMILES string of the molecule is Cc1cc(C)cc(C(F)(F)C(F)(F)C(F)(F)c2cc(C)cc(C)c2)c1. The third-order valence-corrected chi connectivity index (χ3v) is 3.96. The monoisotopic (exact) mass is 360 g/mol. The molecule has 0 N–H and O–H groups in total. The van der Waals surface area contributed by atoms with Crippen LogP contribution in [0.4, 0.5) is 26.3 Å². The molecule has 0 aliphatic carbocycles. The molecule has 2 aromatic carbocycles. The van der Waals surface area contributed by atoms with Gasteiger partial charge in [-0.05, 0) is 52.0 Å². The normalized spacial score (nSPS) is 13.2. The predicted octanol–water partition coefficient (Wildman–Crippen LogP) is 6.44. The van der Waals surface area contributed by atoms with Crippen molar-refractivity contribution >= 4 is 0 Å². The second-order valence-electron chi connectivity index (χ2n) is 6.48. The van der Waals surface area contributed by atoms with Crippen LogP contribution in [0.25, 0.3) is 0 Å². The molecule has 0 fully saturated rings. The lowest BCUT2D eigenvalue weighted by Gasteiger charge is -2.33. The summed E-state index contributed by atoms with van der Waals surface area (Å²) in [4.78, 5) is 0. The fourth-order valence-electron chi connectivity index (χ4n) is 2.87. The van der Waals surface area contributed by atoms with Gasteiger partial charge in [0.2, 0.25) is 0 Å². The maximum absolute atomic E-state index is 14.4. The molecule has 0 heterocycles. The number of benzene rings is 2. The van der Waals surface area contributed by atoms with Crippen LogP contribution in [-0.2, 0) is 11.8 Å². The average Bonchev–Trinajstić information content (AvgIpc) is 2.44. The Labute approximate surface area is 142 Å². The Kier molecular flexibility index (Phi) is 4.70. The molecule has 0 unspecified atom stereocenters. The van der Waals surface area contributed by atoms with Crippen LogP contribution >= 0.6 is 0 Å². The summed E-state index contributed by atoms with van der Waals surface area (Å²) in [6, 6.07) is 6.22. The van der Waals surface area contributed by atoms with E-state index in [0.717, 1.165) is 24.3 Å². The van der Waals surface area contributed by atoms with Crippen LogP contribution in [0.5, 0.6) is 0 Å². The first-order valence-corrected chi connectivity index (χ1v) is 7.60. The van der Waals surface area contributed by atoms with Gasteiger partial charge in [-0.1, -0.05) is 34.4 Å². The van der Waals surface area contributed by atoms with Crippen molar-refractivity contribution in [3.8, 4) is 0 Å². The van der Waals surface area contributed by atoms with Gasteiger partial charge < -0.3 is 0 Å². The molecule has 0 spiro atoms. The Morgan fingerprint density at radius 1 is 0.480 bits per heavy atom. The Morgan fingerprint density at radius 2 is 0.720 bits per heavy atom. The molecule has 0 saturated heterocycles. The van der Waals surface area contributed by atoms with E-state index < -0.39 is 28.9 Å². The number of rotatable bonds is 4. The zero-order valence-corrected chi connectivity index (χ0v) is 14.2. The predicted molar refractivity (Wildman–Crippen MR) is 84.6 cm³/mol. The van der Waals surface area contributed by atoms with Gasteiger partial charge in [-0.3, -0.25) is 0 Å². The van der Waals surface area contributed by atoms with Crippen LogP contribution in [0, 0.1) is 27.7 Å². The lowest BCUT2D eigenvalue weighted by atomic mass is 9.90. The van der Waals surface area contributed by atoms with Crippen LogP contribution in [0.3, 0.4) is 0 Å². The second kappa shape index (κ2) is 6.07. The highest BCUT2D eigenvalue weighted by atomic mass is 19.3. The Bertz CT molecular complexity index is 686. The summed E-state index contributed by atoms with van der Waals surface area (Å²) < 4.78 is 86.5. The highest BCUT2D eigenvalue weighted by Crippen LogP contribution is 2.55. The van der Waals surface area contributed by atoms with E-state index in [1.54, 1.807) is 0 Å². The molecule has 0 bridgehead atoms. The molecule has 2 rings (SSSR count). The van der Waals surface area contributed by atoms with Crippen molar-refractivity contribution in [3.63, 3.8) is 0 Å². The quantitative estimate of drug-likeness (QED) is 0.551. The van der Waals surface area contributed by atoms with E-state index in [1.165, 1.54) is 39.8 Å². The van der Waals surface area contributed by atoms with Crippen LogP contribution in [-0.4, -0.2) is 5.92 Å². The van der Waals surface area contributed by atoms with Gasteiger partial charge in [0.05, 0.1) is 0 Å². The number of hydrogen-bond donors (Lipinski definition) is 0. The molecule has 25 heavy (non-hydrogen) atoms. The Hall–Kier alpha value is -1.98. The largest absolute Gasteiger partial charge is 0.380 e. The summed E-state index contributed by atoms with van der Waals surface area (Å²) in [7, 11) is 0. The fourth-order valence-corrected chi connectivity index (χ4v) is 2.87. The van der Waals surface area contributed by atoms with E-state index in [1.807, 2.05) is 0 Å². The molecular weight excluding hydrogens is 342 g/mol. The fraction of sp³-hybridized carbons (Fsp3) is 0.368.